The van der Waals surface area contributed by atoms with E-state index in [1.165, 1.54) is 11.1 Å². The summed E-state index contributed by atoms with van der Waals surface area (Å²) in [4.78, 5) is 24.6. The zero-order valence-corrected chi connectivity index (χ0v) is 14.3. The summed E-state index contributed by atoms with van der Waals surface area (Å²) in [7, 11) is 0. The normalized spacial score (nSPS) is 15.0. The molecule has 5 heteroatoms. The van der Waals surface area contributed by atoms with Crippen molar-refractivity contribution in [2.75, 3.05) is 0 Å². The summed E-state index contributed by atoms with van der Waals surface area (Å²) in [5, 5.41) is 3.19. The van der Waals surface area contributed by atoms with Crippen molar-refractivity contribution >= 4 is 5.91 Å². The van der Waals surface area contributed by atoms with Crippen LogP contribution in [0.2, 0.25) is 0 Å². The molecule has 4 rings (SSSR count). The van der Waals surface area contributed by atoms with Gasteiger partial charge >= 0.3 is 0 Å². The maximum absolute atomic E-state index is 12.8. The van der Waals surface area contributed by atoms with E-state index in [1.54, 1.807) is 12.4 Å². The molecule has 3 aromatic rings. The number of carbonyl (C=O) groups is 1. The van der Waals surface area contributed by atoms with Crippen LogP contribution in [0, 0.1) is 6.92 Å². The van der Waals surface area contributed by atoms with Crippen molar-refractivity contribution < 1.29 is 4.79 Å². The Morgan fingerprint density at radius 2 is 1.88 bits per heavy atom. The largest absolute Gasteiger partial charge is 0.345 e. The number of benzene rings is 1. The van der Waals surface area contributed by atoms with E-state index < -0.39 is 0 Å². The average Bonchev–Trinajstić information content (AvgIpc) is 3.14. The van der Waals surface area contributed by atoms with Crippen LogP contribution in [0.4, 0.5) is 0 Å². The number of imidazole rings is 1. The number of nitrogens with zero attached hydrogens (tertiary/aromatic N) is 2. The third-order valence-corrected chi connectivity index (χ3v) is 4.73. The minimum absolute atomic E-state index is 0.140. The van der Waals surface area contributed by atoms with Gasteiger partial charge in [0.25, 0.3) is 5.91 Å². The Bertz CT molecular complexity index is 905. The molecule has 1 aliphatic carbocycles. The van der Waals surface area contributed by atoms with Crippen molar-refractivity contribution in [1.82, 2.24) is 20.3 Å². The summed E-state index contributed by atoms with van der Waals surface area (Å²) in [6.45, 7) is 3.96. The summed E-state index contributed by atoms with van der Waals surface area (Å²) >= 11 is 0. The van der Waals surface area contributed by atoms with Crippen molar-refractivity contribution in [2.45, 2.75) is 32.2 Å². The molecule has 0 spiro atoms. The van der Waals surface area contributed by atoms with Gasteiger partial charge in [0.15, 0.2) is 0 Å². The standard InChI is InChI=1S/C20H20N4O/c1-13-17(23-18(22-13)16-8-5-9-21-12-16)19(25)24-20(2)10-14-6-3-4-7-15(14)11-20/h3-9,12H,10-11H2,1-2H3,(H,22,23)(H,24,25). The molecule has 1 amide bonds. The summed E-state index contributed by atoms with van der Waals surface area (Å²) in [6.07, 6.45) is 5.13. The van der Waals surface area contributed by atoms with Crippen LogP contribution >= 0.6 is 0 Å². The summed E-state index contributed by atoms with van der Waals surface area (Å²) in [6, 6.07) is 12.1. The molecule has 1 aromatic carbocycles. The van der Waals surface area contributed by atoms with Gasteiger partial charge in [0, 0.05) is 29.2 Å². The van der Waals surface area contributed by atoms with Gasteiger partial charge in [0.1, 0.15) is 11.5 Å². The fraction of sp³-hybridized carbons (Fsp3) is 0.250. The second kappa shape index (κ2) is 5.84. The van der Waals surface area contributed by atoms with Gasteiger partial charge in [0.05, 0.1) is 0 Å². The van der Waals surface area contributed by atoms with Gasteiger partial charge < -0.3 is 10.3 Å². The van der Waals surface area contributed by atoms with Crippen LogP contribution < -0.4 is 5.32 Å². The van der Waals surface area contributed by atoms with Crippen molar-refractivity contribution in [3.63, 3.8) is 0 Å². The zero-order valence-electron chi connectivity index (χ0n) is 14.3. The highest BCUT2D eigenvalue weighted by atomic mass is 16.2. The molecule has 2 heterocycles. The number of carbonyl (C=O) groups excluding carboxylic acids is 1. The van der Waals surface area contributed by atoms with Crippen LogP contribution in [0.15, 0.2) is 48.8 Å². The fourth-order valence-electron chi connectivity index (χ4n) is 3.55. The lowest BCUT2D eigenvalue weighted by Crippen LogP contribution is -2.47. The van der Waals surface area contributed by atoms with E-state index in [0.29, 0.717) is 11.5 Å². The molecule has 2 N–H and O–H groups in total. The van der Waals surface area contributed by atoms with Crippen LogP contribution in [0.1, 0.15) is 34.2 Å². The number of aromatic nitrogens is 3. The average molecular weight is 332 g/mol. The number of fused-ring (bicyclic) bond motifs is 1. The molecule has 0 bridgehead atoms. The first-order chi connectivity index (χ1) is 12.0. The van der Waals surface area contributed by atoms with Crippen molar-refractivity contribution in [3.05, 3.63) is 71.3 Å². The number of aryl methyl sites for hydroxylation is 1. The monoisotopic (exact) mass is 332 g/mol. The fourth-order valence-corrected chi connectivity index (χ4v) is 3.55. The maximum Gasteiger partial charge on any atom is 0.272 e. The molecule has 2 aromatic heterocycles. The van der Waals surface area contributed by atoms with Gasteiger partial charge in [-0.3, -0.25) is 9.78 Å². The lowest BCUT2D eigenvalue weighted by molar-refractivity contribution is 0.0904. The molecule has 0 radical (unpaired) electrons. The van der Waals surface area contributed by atoms with E-state index in [1.807, 2.05) is 31.2 Å². The predicted molar refractivity (Wildman–Crippen MR) is 96.3 cm³/mol. The molecule has 0 atom stereocenters. The van der Waals surface area contributed by atoms with E-state index in [2.05, 4.69) is 39.3 Å². The highest BCUT2D eigenvalue weighted by molar-refractivity contribution is 5.94. The van der Waals surface area contributed by atoms with E-state index >= 15 is 0 Å². The molecule has 1 aliphatic rings. The highest BCUT2D eigenvalue weighted by Crippen LogP contribution is 2.30. The smallest absolute Gasteiger partial charge is 0.272 e. The quantitative estimate of drug-likeness (QED) is 0.774. The van der Waals surface area contributed by atoms with E-state index in [9.17, 15) is 4.79 Å². The van der Waals surface area contributed by atoms with Crippen molar-refractivity contribution in [3.8, 4) is 11.4 Å². The zero-order chi connectivity index (χ0) is 17.4. The number of amides is 1. The topological polar surface area (TPSA) is 70.7 Å². The number of rotatable bonds is 3. The van der Waals surface area contributed by atoms with Gasteiger partial charge in [0.2, 0.25) is 0 Å². The second-order valence-electron chi connectivity index (χ2n) is 6.94. The van der Waals surface area contributed by atoms with E-state index in [4.69, 9.17) is 0 Å². The predicted octanol–water partition coefficient (Wildman–Crippen LogP) is 3.07. The minimum atomic E-state index is -0.277. The van der Waals surface area contributed by atoms with Crippen LogP contribution in [0.3, 0.4) is 0 Å². The molecule has 0 saturated heterocycles. The Hall–Kier alpha value is -2.95. The van der Waals surface area contributed by atoms with E-state index in [-0.39, 0.29) is 11.4 Å². The van der Waals surface area contributed by atoms with Crippen LogP contribution in [-0.2, 0) is 12.8 Å². The molecular weight excluding hydrogens is 312 g/mol. The lowest BCUT2D eigenvalue weighted by Gasteiger charge is -2.25. The number of hydrogen-bond donors (Lipinski definition) is 2. The van der Waals surface area contributed by atoms with Gasteiger partial charge in [-0.25, -0.2) is 4.98 Å². The molecule has 0 unspecified atom stereocenters. The Balaban J connectivity index is 1.55. The Morgan fingerprint density at radius 3 is 2.52 bits per heavy atom. The third-order valence-electron chi connectivity index (χ3n) is 4.73. The van der Waals surface area contributed by atoms with Crippen LogP contribution in [0.5, 0.6) is 0 Å². The summed E-state index contributed by atoms with van der Waals surface area (Å²) in [5.74, 6) is 0.523. The van der Waals surface area contributed by atoms with Gasteiger partial charge in [-0.15, -0.1) is 0 Å². The first kappa shape index (κ1) is 15.6. The van der Waals surface area contributed by atoms with Crippen LogP contribution in [-0.4, -0.2) is 26.4 Å². The first-order valence-corrected chi connectivity index (χ1v) is 8.40. The Labute approximate surface area is 146 Å². The van der Waals surface area contributed by atoms with E-state index in [0.717, 1.165) is 24.1 Å². The maximum atomic E-state index is 12.8. The van der Waals surface area contributed by atoms with Crippen molar-refractivity contribution in [2.24, 2.45) is 0 Å². The van der Waals surface area contributed by atoms with Crippen molar-refractivity contribution in [1.29, 1.82) is 0 Å². The number of aromatic amines is 1. The summed E-state index contributed by atoms with van der Waals surface area (Å²) < 4.78 is 0. The molecule has 0 aliphatic heterocycles. The molecule has 0 saturated carbocycles. The molecule has 126 valence electrons. The molecule has 25 heavy (non-hydrogen) atoms. The van der Waals surface area contributed by atoms with Gasteiger partial charge in [-0.1, -0.05) is 24.3 Å². The van der Waals surface area contributed by atoms with Gasteiger partial charge in [-0.2, -0.15) is 0 Å². The first-order valence-electron chi connectivity index (χ1n) is 8.40. The SMILES string of the molecule is Cc1[nH]c(-c2cccnc2)nc1C(=O)NC1(C)Cc2ccccc2C1. The third kappa shape index (κ3) is 2.93. The Kier molecular flexibility index (Phi) is 3.64. The number of pyridine rings is 1. The number of H-pyrrole nitrogens is 1. The molecular formula is C20H20N4O. The summed E-state index contributed by atoms with van der Waals surface area (Å²) in [5.41, 5.74) is 4.40. The molecule has 0 fully saturated rings. The van der Waals surface area contributed by atoms with Crippen LogP contribution in [0.25, 0.3) is 11.4 Å². The minimum Gasteiger partial charge on any atom is -0.345 e. The second-order valence-corrected chi connectivity index (χ2v) is 6.94. The molecule has 5 nitrogen and oxygen atoms in total. The number of nitrogens with one attached hydrogen (secondary N) is 2. The lowest BCUT2D eigenvalue weighted by atomic mass is 9.98. The van der Waals surface area contributed by atoms with Gasteiger partial charge in [-0.05, 0) is 49.9 Å². The Morgan fingerprint density at radius 1 is 1.16 bits per heavy atom. The number of hydrogen-bond acceptors (Lipinski definition) is 3. The highest BCUT2D eigenvalue weighted by Gasteiger charge is 2.35.